The van der Waals surface area contributed by atoms with Crippen LogP contribution in [0.2, 0.25) is 0 Å². The molecule has 0 aliphatic carbocycles. The second-order valence-corrected chi connectivity index (χ2v) is 3.17. The van der Waals surface area contributed by atoms with Crippen LogP contribution in [0.4, 0.5) is 0 Å². The van der Waals surface area contributed by atoms with Crippen molar-refractivity contribution in [1.29, 1.82) is 0 Å². The summed E-state index contributed by atoms with van der Waals surface area (Å²) in [6, 6.07) is 9.12. The molecule has 0 spiro atoms. The van der Waals surface area contributed by atoms with Gasteiger partial charge >= 0.3 is 0 Å². The van der Waals surface area contributed by atoms with Gasteiger partial charge in [-0.1, -0.05) is 36.9 Å². The molecule has 1 fully saturated rings. The average Bonchev–Trinajstić information content (AvgIpc) is 2.02. The minimum absolute atomic E-state index is 0.588. The van der Waals surface area contributed by atoms with Gasteiger partial charge in [0, 0.05) is 6.04 Å². The van der Waals surface area contributed by atoms with Gasteiger partial charge in [0.1, 0.15) is 0 Å². The topological polar surface area (TPSA) is 12.0 Å². The van der Waals surface area contributed by atoms with Crippen molar-refractivity contribution in [1.82, 2.24) is 5.32 Å². The predicted molar refractivity (Wildman–Crippen MR) is 51.9 cm³/mol. The van der Waals surface area contributed by atoms with Crippen LogP contribution in [0.5, 0.6) is 0 Å². The molecular weight excluding hydrogens is 146 g/mol. The summed E-state index contributed by atoms with van der Waals surface area (Å²) >= 11 is 0. The third-order valence-electron chi connectivity index (χ3n) is 2.37. The van der Waals surface area contributed by atoms with Crippen molar-refractivity contribution in [2.75, 3.05) is 6.54 Å². The van der Waals surface area contributed by atoms with Crippen LogP contribution in [0.15, 0.2) is 30.8 Å². The first-order valence-electron chi connectivity index (χ1n) is 4.36. The Morgan fingerprint density at radius 3 is 2.92 bits per heavy atom. The number of hydrogen-bond donors (Lipinski definition) is 1. The lowest BCUT2D eigenvalue weighted by molar-refractivity contribution is 0.383. The zero-order valence-electron chi connectivity index (χ0n) is 7.09. The SMILES string of the molecule is C=Cc1cccc([C@@H]2CCN2)c1. The number of rotatable bonds is 2. The maximum absolute atomic E-state index is 3.75. The van der Waals surface area contributed by atoms with Crippen LogP contribution in [0.3, 0.4) is 0 Å². The van der Waals surface area contributed by atoms with E-state index in [1.807, 2.05) is 6.08 Å². The smallest absolute Gasteiger partial charge is 0.0332 e. The largest absolute Gasteiger partial charge is 0.310 e. The number of benzene rings is 1. The molecule has 12 heavy (non-hydrogen) atoms. The molecular formula is C11H13N. The van der Waals surface area contributed by atoms with Crippen molar-refractivity contribution in [3.05, 3.63) is 42.0 Å². The van der Waals surface area contributed by atoms with Crippen LogP contribution < -0.4 is 5.32 Å². The van der Waals surface area contributed by atoms with Gasteiger partial charge in [-0.3, -0.25) is 0 Å². The zero-order chi connectivity index (χ0) is 8.39. The van der Waals surface area contributed by atoms with Crippen LogP contribution in [0, 0.1) is 0 Å². The molecule has 62 valence electrons. The van der Waals surface area contributed by atoms with E-state index in [0.717, 1.165) is 6.54 Å². The Labute approximate surface area is 73.1 Å². The molecule has 1 nitrogen and oxygen atoms in total. The van der Waals surface area contributed by atoms with Gasteiger partial charge < -0.3 is 5.32 Å². The van der Waals surface area contributed by atoms with Gasteiger partial charge in [0.2, 0.25) is 0 Å². The Hall–Kier alpha value is -1.08. The van der Waals surface area contributed by atoms with Gasteiger partial charge in [-0.05, 0) is 24.1 Å². The fraction of sp³-hybridized carbons (Fsp3) is 0.273. The van der Waals surface area contributed by atoms with Gasteiger partial charge in [-0.15, -0.1) is 0 Å². The zero-order valence-corrected chi connectivity index (χ0v) is 7.09. The second kappa shape index (κ2) is 3.11. The molecule has 0 radical (unpaired) electrons. The molecule has 1 saturated heterocycles. The van der Waals surface area contributed by atoms with Crippen LogP contribution in [-0.4, -0.2) is 6.54 Å². The van der Waals surface area contributed by atoms with E-state index in [4.69, 9.17) is 0 Å². The fourth-order valence-corrected chi connectivity index (χ4v) is 1.48. The molecule has 0 aromatic heterocycles. The maximum Gasteiger partial charge on any atom is 0.0332 e. The molecule has 0 bridgehead atoms. The van der Waals surface area contributed by atoms with Crippen LogP contribution in [0.1, 0.15) is 23.6 Å². The summed E-state index contributed by atoms with van der Waals surface area (Å²) in [7, 11) is 0. The Bertz CT molecular complexity index is 287. The number of hydrogen-bond acceptors (Lipinski definition) is 1. The van der Waals surface area contributed by atoms with Crippen LogP contribution in [-0.2, 0) is 0 Å². The van der Waals surface area contributed by atoms with E-state index < -0.39 is 0 Å². The Morgan fingerprint density at radius 1 is 1.50 bits per heavy atom. The van der Waals surface area contributed by atoms with E-state index in [9.17, 15) is 0 Å². The van der Waals surface area contributed by atoms with Gasteiger partial charge in [0.05, 0.1) is 0 Å². The third kappa shape index (κ3) is 1.28. The van der Waals surface area contributed by atoms with Crippen molar-refractivity contribution in [2.45, 2.75) is 12.5 Å². The molecule has 1 aliphatic rings. The molecule has 0 amide bonds. The normalized spacial score (nSPS) is 21.5. The molecule has 1 aromatic carbocycles. The lowest BCUT2D eigenvalue weighted by Crippen LogP contribution is -2.34. The van der Waals surface area contributed by atoms with Crippen molar-refractivity contribution < 1.29 is 0 Å². The first-order chi connectivity index (χ1) is 5.90. The fourth-order valence-electron chi connectivity index (χ4n) is 1.48. The molecule has 1 atom stereocenters. The standard InChI is InChI=1S/C11H13N/c1-2-9-4-3-5-10(8-9)11-6-7-12-11/h2-5,8,11-12H,1,6-7H2/t11-/m0/s1. The van der Waals surface area contributed by atoms with Crippen LogP contribution in [0.25, 0.3) is 6.08 Å². The summed E-state index contributed by atoms with van der Waals surface area (Å²) in [4.78, 5) is 0. The van der Waals surface area contributed by atoms with E-state index in [1.54, 1.807) is 0 Å². The summed E-state index contributed by atoms with van der Waals surface area (Å²) in [5, 5.41) is 3.38. The van der Waals surface area contributed by atoms with E-state index in [-0.39, 0.29) is 0 Å². The van der Waals surface area contributed by atoms with Crippen molar-refractivity contribution >= 4 is 6.08 Å². The predicted octanol–water partition coefficient (Wildman–Crippen LogP) is 2.36. The Morgan fingerprint density at radius 2 is 2.33 bits per heavy atom. The summed E-state index contributed by atoms with van der Waals surface area (Å²) in [6.07, 6.45) is 3.16. The monoisotopic (exact) mass is 159 g/mol. The van der Waals surface area contributed by atoms with Crippen molar-refractivity contribution in [3.8, 4) is 0 Å². The van der Waals surface area contributed by atoms with E-state index in [2.05, 4.69) is 36.2 Å². The van der Waals surface area contributed by atoms with Gasteiger partial charge in [0.15, 0.2) is 0 Å². The van der Waals surface area contributed by atoms with E-state index >= 15 is 0 Å². The van der Waals surface area contributed by atoms with E-state index in [1.165, 1.54) is 17.5 Å². The molecule has 1 aromatic rings. The first kappa shape index (κ1) is 7.56. The highest BCUT2D eigenvalue weighted by molar-refractivity contribution is 5.48. The van der Waals surface area contributed by atoms with Gasteiger partial charge in [-0.25, -0.2) is 0 Å². The third-order valence-corrected chi connectivity index (χ3v) is 2.37. The van der Waals surface area contributed by atoms with Crippen molar-refractivity contribution in [3.63, 3.8) is 0 Å². The van der Waals surface area contributed by atoms with Crippen molar-refractivity contribution in [2.24, 2.45) is 0 Å². The first-order valence-corrected chi connectivity index (χ1v) is 4.36. The molecule has 2 rings (SSSR count). The van der Waals surface area contributed by atoms with Crippen LogP contribution >= 0.6 is 0 Å². The average molecular weight is 159 g/mol. The molecule has 1 heteroatoms. The summed E-state index contributed by atoms with van der Waals surface area (Å²) < 4.78 is 0. The second-order valence-electron chi connectivity index (χ2n) is 3.17. The molecule has 1 aliphatic heterocycles. The highest BCUT2D eigenvalue weighted by atomic mass is 15.0. The Balaban J connectivity index is 2.25. The molecule has 0 unspecified atom stereocenters. The minimum Gasteiger partial charge on any atom is -0.310 e. The lowest BCUT2D eigenvalue weighted by atomic mass is 9.96. The number of nitrogens with one attached hydrogen (secondary N) is 1. The highest BCUT2D eigenvalue weighted by Crippen LogP contribution is 2.23. The minimum atomic E-state index is 0.588. The molecule has 0 saturated carbocycles. The van der Waals surface area contributed by atoms with Gasteiger partial charge in [-0.2, -0.15) is 0 Å². The maximum atomic E-state index is 3.75. The molecule has 1 heterocycles. The summed E-state index contributed by atoms with van der Waals surface area (Å²) in [6.45, 7) is 4.91. The quantitative estimate of drug-likeness (QED) is 0.698. The highest BCUT2D eigenvalue weighted by Gasteiger charge is 2.17. The summed E-state index contributed by atoms with van der Waals surface area (Å²) in [5.41, 5.74) is 2.60. The lowest BCUT2D eigenvalue weighted by Gasteiger charge is -2.28. The Kier molecular flexibility index (Phi) is 1.96. The molecule has 1 N–H and O–H groups in total. The van der Waals surface area contributed by atoms with Gasteiger partial charge in [0.25, 0.3) is 0 Å². The summed E-state index contributed by atoms with van der Waals surface area (Å²) in [5.74, 6) is 0. The van der Waals surface area contributed by atoms with E-state index in [0.29, 0.717) is 6.04 Å².